The molecule has 0 unspecified atom stereocenters. The van der Waals surface area contributed by atoms with E-state index in [4.69, 9.17) is 14.2 Å². The number of ether oxygens (including phenoxy) is 3. The quantitative estimate of drug-likeness (QED) is 0.457. The van der Waals surface area contributed by atoms with Crippen molar-refractivity contribution in [2.45, 2.75) is 20.8 Å². The molecule has 6 heteroatoms. The van der Waals surface area contributed by atoms with E-state index in [1.165, 1.54) is 19.9 Å². The molecule has 28 heavy (non-hydrogen) atoms. The monoisotopic (exact) mass is 378 g/mol. The van der Waals surface area contributed by atoms with Crippen molar-refractivity contribution in [3.8, 4) is 11.5 Å². The fraction of sp³-hybridized carbons (Fsp3) is 0.136. The summed E-state index contributed by atoms with van der Waals surface area (Å²) in [6, 6.07) is 12.2. The maximum absolute atomic E-state index is 12.3. The number of carbonyl (C=O) groups excluding carboxylic acids is 3. The molecule has 0 fully saturated rings. The predicted molar refractivity (Wildman–Crippen MR) is 102 cm³/mol. The van der Waals surface area contributed by atoms with E-state index in [9.17, 15) is 14.4 Å². The Bertz CT molecular complexity index is 1010. The number of rotatable bonds is 4. The van der Waals surface area contributed by atoms with Gasteiger partial charge in [0.05, 0.1) is 5.57 Å². The average Bonchev–Trinajstić information content (AvgIpc) is 2.97. The van der Waals surface area contributed by atoms with Gasteiger partial charge < -0.3 is 14.2 Å². The van der Waals surface area contributed by atoms with Crippen LogP contribution >= 0.6 is 0 Å². The molecule has 0 radical (unpaired) electrons. The van der Waals surface area contributed by atoms with Gasteiger partial charge in [0.25, 0.3) is 0 Å². The number of carbonyl (C=O) groups is 3. The van der Waals surface area contributed by atoms with Crippen molar-refractivity contribution >= 4 is 29.7 Å². The Hall–Kier alpha value is -3.67. The van der Waals surface area contributed by atoms with E-state index in [-0.39, 0.29) is 11.5 Å². The summed E-state index contributed by atoms with van der Waals surface area (Å²) < 4.78 is 15.5. The van der Waals surface area contributed by atoms with E-state index >= 15 is 0 Å². The van der Waals surface area contributed by atoms with Crippen molar-refractivity contribution in [3.63, 3.8) is 0 Å². The van der Waals surface area contributed by atoms with E-state index in [0.29, 0.717) is 16.9 Å². The van der Waals surface area contributed by atoms with Crippen molar-refractivity contribution in [1.29, 1.82) is 0 Å². The molecular formula is C22H18O6. The molecule has 3 rings (SSSR count). The Labute approximate surface area is 162 Å². The van der Waals surface area contributed by atoms with Gasteiger partial charge in [0.15, 0.2) is 0 Å². The zero-order valence-electron chi connectivity index (χ0n) is 15.6. The molecule has 0 saturated heterocycles. The molecule has 0 saturated carbocycles. The molecule has 0 spiro atoms. The lowest BCUT2D eigenvalue weighted by molar-refractivity contribution is -0.132. The Morgan fingerprint density at radius 2 is 1.64 bits per heavy atom. The normalized spacial score (nSPS) is 14.5. The minimum absolute atomic E-state index is 0.170. The molecule has 0 aliphatic carbocycles. The van der Waals surface area contributed by atoms with Crippen molar-refractivity contribution in [3.05, 3.63) is 70.8 Å². The average molecular weight is 378 g/mol. The lowest BCUT2D eigenvalue weighted by Gasteiger charge is -2.08. The summed E-state index contributed by atoms with van der Waals surface area (Å²) in [6.45, 7) is 4.50. The van der Waals surface area contributed by atoms with Crippen molar-refractivity contribution in [1.82, 2.24) is 0 Å². The van der Waals surface area contributed by atoms with Gasteiger partial charge in [-0.15, -0.1) is 0 Å². The zero-order valence-corrected chi connectivity index (χ0v) is 15.6. The SMILES string of the molecule is CC(=O)Oc1ccc(/C=C2/C=C(c3ccc(C)cc3)OC2=O)c(OC(C)=O)c1. The van der Waals surface area contributed by atoms with Crippen LogP contribution in [0.5, 0.6) is 11.5 Å². The summed E-state index contributed by atoms with van der Waals surface area (Å²) in [5.74, 6) is -0.691. The molecule has 2 aromatic carbocycles. The van der Waals surface area contributed by atoms with E-state index < -0.39 is 17.9 Å². The maximum Gasteiger partial charge on any atom is 0.343 e. The molecule has 0 N–H and O–H groups in total. The van der Waals surface area contributed by atoms with Gasteiger partial charge in [-0.05, 0) is 31.2 Å². The summed E-state index contributed by atoms with van der Waals surface area (Å²) >= 11 is 0. The van der Waals surface area contributed by atoms with Gasteiger partial charge in [0.2, 0.25) is 0 Å². The van der Waals surface area contributed by atoms with Crippen LogP contribution in [0.3, 0.4) is 0 Å². The highest BCUT2D eigenvalue weighted by atomic mass is 16.5. The van der Waals surface area contributed by atoms with Crippen LogP contribution in [-0.2, 0) is 19.1 Å². The minimum atomic E-state index is -0.537. The molecule has 2 aromatic rings. The first kappa shape index (κ1) is 19.1. The van der Waals surface area contributed by atoms with Crippen LogP contribution in [0.25, 0.3) is 11.8 Å². The van der Waals surface area contributed by atoms with Gasteiger partial charge in [-0.2, -0.15) is 0 Å². The van der Waals surface area contributed by atoms with Gasteiger partial charge in [-0.1, -0.05) is 29.8 Å². The Balaban J connectivity index is 1.96. The number of cyclic esters (lactones) is 1. The second-order valence-electron chi connectivity index (χ2n) is 6.25. The molecule has 0 amide bonds. The minimum Gasteiger partial charge on any atom is -0.427 e. The molecule has 1 heterocycles. The van der Waals surface area contributed by atoms with Crippen LogP contribution < -0.4 is 9.47 Å². The predicted octanol–water partition coefficient (Wildman–Crippen LogP) is 3.83. The molecule has 142 valence electrons. The lowest BCUT2D eigenvalue weighted by atomic mass is 10.1. The molecule has 1 aliphatic heterocycles. The van der Waals surface area contributed by atoms with Crippen LogP contribution in [0.2, 0.25) is 0 Å². The van der Waals surface area contributed by atoms with Crippen LogP contribution in [0, 0.1) is 6.92 Å². The van der Waals surface area contributed by atoms with Gasteiger partial charge in [-0.25, -0.2) is 4.79 Å². The molecular weight excluding hydrogens is 360 g/mol. The Morgan fingerprint density at radius 1 is 0.964 bits per heavy atom. The van der Waals surface area contributed by atoms with E-state index in [1.54, 1.807) is 24.3 Å². The largest absolute Gasteiger partial charge is 0.427 e. The van der Waals surface area contributed by atoms with Gasteiger partial charge >= 0.3 is 17.9 Å². The highest BCUT2D eigenvalue weighted by Crippen LogP contribution is 2.31. The van der Waals surface area contributed by atoms with Crippen molar-refractivity contribution in [2.75, 3.05) is 0 Å². The topological polar surface area (TPSA) is 78.9 Å². The summed E-state index contributed by atoms with van der Waals surface area (Å²) in [5, 5.41) is 0. The maximum atomic E-state index is 12.3. The Morgan fingerprint density at radius 3 is 2.29 bits per heavy atom. The zero-order chi connectivity index (χ0) is 20.3. The third kappa shape index (κ3) is 4.54. The summed E-state index contributed by atoms with van der Waals surface area (Å²) in [5.41, 5.74) is 2.67. The molecule has 0 atom stereocenters. The molecule has 0 bridgehead atoms. The second kappa shape index (κ2) is 7.92. The second-order valence-corrected chi connectivity index (χ2v) is 6.25. The van der Waals surface area contributed by atoms with Gasteiger partial charge in [0.1, 0.15) is 17.3 Å². The van der Waals surface area contributed by atoms with E-state index in [2.05, 4.69) is 0 Å². The summed E-state index contributed by atoms with van der Waals surface area (Å²) in [4.78, 5) is 34.8. The highest BCUT2D eigenvalue weighted by Gasteiger charge is 2.22. The third-order valence-electron chi connectivity index (χ3n) is 3.87. The smallest absolute Gasteiger partial charge is 0.343 e. The van der Waals surface area contributed by atoms with Crippen LogP contribution in [-0.4, -0.2) is 17.9 Å². The first-order valence-corrected chi connectivity index (χ1v) is 8.55. The van der Waals surface area contributed by atoms with Crippen LogP contribution in [0.15, 0.2) is 54.1 Å². The summed E-state index contributed by atoms with van der Waals surface area (Å²) in [6.07, 6.45) is 3.18. The number of hydrogen-bond acceptors (Lipinski definition) is 6. The van der Waals surface area contributed by atoms with E-state index in [1.807, 2.05) is 31.2 Å². The fourth-order valence-corrected chi connectivity index (χ4v) is 2.62. The van der Waals surface area contributed by atoms with Gasteiger partial charge in [0, 0.05) is 31.0 Å². The first-order chi connectivity index (χ1) is 13.3. The van der Waals surface area contributed by atoms with E-state index in [0.717, 1.165) is 11.1 Å². The van der Waals surface area contributed by atoms with Crippen LogP contribution in [0.1, 0.15) is 30.5 Å². The standard InChI is InChI=1S/C22H18O6/c1-13-4-6-16(7-5-13)20-11-18(22(25)28-20)10-17-8-9-19(26-14(2)23)12-21(17)27-15(3)24/h4-12H,1-3H3/b18-10-. The lowest BCUT2D eigenvalue weighted by Crippen LogP contribution is -2.05. The van der Waals surface area contributed by atoms with Crippen molar-refractivity contribution in [2.24, 2.45) is 0 Å². The Kier molecular flexibility index (Phi) is 5.40. The molecule has 0 aromatic heterocycles. The number of esters is 3. The molecule has 1 aliphatic rings. The highest BCUT2D eigenvalue weighted by molar-refractivity contribution is 6.05. The van der Waals surface area contributed by atoms with Crippen molar-refractivity contribution < 1.29 is 28.6 Å². The summed E-state index contributed by atoms with van der Waals surface area (Å²) in [7, 11) is 0. The fourth-order valence-electron chi connectivity index (χ4n) is 2.62. The first-order valence-electron chi connectivity index (χ1n) is 8.55. The van der Waals surface area contributed by atoms with Crippen LogP contribution in [0.4, 0.5) is 0 Å². The third-order valence-corrected chi connectivity index (χ3v) is 3.87. The van der Waals surface area contributed by atoms with Gasteiger partial charge in [-0.3, -0.25) is 9.59 Å². The number of benzene rings is 2. The number of aryl methyl sites for hydroxylation is 1. The number of hydrogen-bond donors (Lipinski definition) is 0. The molecule has 6 nitrogen and oxygen atoms in total.